The smallest absolute Gasteiger partial charge is 0.142 e. The molecule has 1 unspecified atom stereocenters. The lowest BCUT2D eigenvalue weighted by Gasteiger charge is -2.13. The molecule has 1 heterocycles. The van der Waals surface area contributed by atoms with Gasteiger partial charge < -0.3 is 9.67 Å². The van der Waals surface area contributed by atoms with Crippen molar-refractivity contribution in [2.75, 3.05) is 0 Å². The lowest BCUT2D eigenvalue weighted by Crippen LogP contribution is -2.10. The molecule has 2 rings (SSSR count). The van der Waals surface area contributed by atoms with Crippen LogP contribution >= 0.6 is 0 Å². The quantitative estimate of drug-likeness (QED) is 0.820. The normalized spacial score (nSPS) is 13.5. The summed E-state index contributed by atoms with van der Waals surface area (Å²) in [5, 5.41) is 10.5. The van der Waals surface area contributed by atoms with Gasteiger partial charge in [0, 0.05) is 18.9 Å². The Morgan fingerprint density at radius 1 is 1.33 bits per heavy atom. The highest BCUT2D eigenvalue weighted by Crippen LogP contribution is 2.20. The first kappa shape index (κ1) is 15.0. The molecule has 0 aliphatic carbocycles. The Morgan fingerprint density at radius 2 is 2.10 bits per heavy atom. The third kappa shape index (κ3) is 4.04. The van der Waals surface area contributed by atoms with Crippen LogP contribution in [0.3, 0.4) is 0 Å². The Labute approximate surface area is 125 Å². The summed E-state index contributed by atoms with van der Waals surface area (Å²) in [4.78, 5) is 4.29. The molecule has 0 saturated heterocycles. The minimum absolute atomic E-state index is 0.654. The highest BCUT2D eigenvalue weighted by molar-refractivity contribution is 5.23. The molecule has 0 saturated carbocycles. The number of benzene rings is 1. The standard InChI is InChI=1S/C18H20N2O/c1-3-4-6-9-15(2)14-20-13-12-19-18(20)17(21)16-10-7-5-8-11-16/h3-13,17,21H,1,14H2,2H3/b6-4-,15-9+. The summed E-state index contributed by atoms with van der Waals surface area (Å²) in [6.07, 6.45) is 10.5. The summed E-state index contributed by atoms with van der Waals surface area (Å²) in [6, 6.07) is 9.56. The van der Waals surface area contributed by atoms with Crippen molar-refractivity contribution in [3.8, 4) is 0 Å². The predicted molar refractivity (Wildman–Crippen MR) is 85.8 cm³/mol. The van der Waals surface area contributed by atoms with Gasteiger partial charge in [0.05, 0.1) is 0 Å². The van der Waals surface area contributed by atoms with Gasteiger partial charge in [-0.3, -0.25) is 0 Å². The Morgan fingerprint density at radius 3 is 2.81 bits per heavy atom. The van der Waals surface area contributed by atoms with Gasteiger partial charge in [-0.2, -0.15) is 0 Å². The Kier molecular flexibility index (Phi) is 5.29. The highest BCUT2D eigenvalue weighted by atomic mass is 16.3. The maximum atomic E-state index is 10.5. The van der Waals surface area contributed by atoms with Crippen LogP contribution in [-0.2, 0) is 6.54 Å². The molecule has 108 valence electrons. The number of hydrogen-bond acceptors (Lipinski definition) is 2. The number of aliphatic hydroxyl groups excluding tert-OH is 1. The molecule has 2 aromatic rings. The second kappa shape index (κ2) is 7.41. The third-order valence-electron chi connectivity index (χ3n) is 3.16. The van der Waals surface area contributed by atoms with Crippen molar-refractivity contribution in [3.05, 3.63) is 90.6 Å². The van der Waals surface area contributed by atoms with Crippen LogP contribution in [-0.4, -0.2) is 14.7 Å². The number of allylic oxidation sites excluding steroid dienone is 5. The fourth-order valence-corrected chi connectivity index (χ4v) is 2.11. The molecule has 3 heteroatoms. The molecule has 0 spiro atoms. The van der Waals surface area contributed by atoms with Crippen molar-refractivity contribution in [1.29, 1.82) is 0 Å². The van der Waals surface area contributed by atoms with Gasteiger partial charge in [0.25, 0.3) is 0 Å². The first-order valence-electron chi connectivity index (χ1n) is 6.91. The van der Waals surface area contributed by atoms with Gasteiger partial charge in [0.2, 0.25) is 0 Å². The van der Waals surface area contributed by atoms with E-state index in [9.17, 15) is 5.11 Å². The zero-order chi connectivity index (χ0) is 15.1. The molecular formula is C18H20N2O. The van der Waals surface area contributed by atoms with E-state index in [4.69, 9.17) is 0 Å². The number of rotatable bonds is 6. The molecule has 0 aliphatic heterocycles. The van der Waals surface area contributed by atoms with Crippen molar-refractivity contribution in [2.24, 2.45) is 0 Å². The molecule has 0 radical (unpaired) electrons. The SMILES string of the molecule is C=C/C=C\C=C(/C)Cn1ccnc1C(O)c1ccccc1. The zero-order valence-corrected chi connectivity index (χ0v) is 12.2. The van der Waals surface area contributed by atoms with Gasteiger partial charge in [-0.05, 0) is 12.5 Å². The number of hydrogen-bond donors (Lipinski definition) is 1. The summed E-state index contributed by atoms with van der Waals surface area (Å²) in [7, 11) is 0. The molecule has 1 aromatic carbocycles. The number of nitrogens with zero attached hydrogens (tertiary/aromatic N) is 2. The molecule has 1 atom stereocenters. The van der Waals surface area contributed by atoms with Gasteiger partial charge >= 0.3 is 0 Å². The van der Waals surface area contributed by atoms with Crippen LogP contribution in [0.15, 0.2) is 79.2 Å². The fourth-order valence-electron chi connectivity index (χ4n) is 2.11. The number of imidazole rings is 1. The second-order valence-electron chi connectivity index (χ2n) is 4.86. The Bertz CT molecular complexity index is 638. The van der Waals surface area contributed by atoms with Gasteiger partial charge in [-0.15, -0.1) is 0 Å². The van der Waals surface area contributed by atoms with E-state index in [1.807, 2.05) is 66.2 Å². The topological polar surface area (TPSA) is 38.0 Å². The molecule has 1 N–H and O–H groups in total. The van der Waals surface area contributed by atoms with Crippen LogP contribution in [0.1, 0.15) is 24.4 Å². The molecule has 0 fully saturated rings. The highest BCUT2D eigenvalue weighted by Gasteiger charge is 2.15. The van der Waals surface area contributed by atoms with Gasteiger partial charge in [0.15, 0.2) is 0 Å². The van der Waals surface area contributed by atoms with Crippen LogP contribution in [0.25, 0.3) is 0 Å². The molecule has 0 amide bonds. The maximum Gasteiger partial charge on any atom is 0.142 e. The van der Waals surface area contributed by atoms with Gasteiger partial charge in [-0.25, -0.2) is 4.98 Å². The summed E-state index contributed by atoms with van der Waals surface area (Å²) >= 11 is 0. The minimum Gasteiger partial charge on any atom is -0.380 e. The molecule has 1 aromatic heterocycles. The minimum atomic E-state index is -0.710. The van der Waals surface area contributed by atoms with Crippen LogP contribution in [0.5, 0.6) is 0 Å². The molecule has 0 aliphatic rings. The van der Waals surface area contributed by atoms with Crippen molar-refractivity contribution in [1.82, 2.24) is 9.55 Å². The van der Waals surface area contributed by atoms with E-state index < -0.39 is 6.10 Å². The van der Waals surface area contributed by atoms with Gasteiger partial charge in [0.1, 0.15) is 11.9 Å². The largest absolute Gasteiger partial charge is 0.380 e. The number of aliphatic hydroxyl groups is 1. The predicted octanol–water partition coefficient (Wildman–Crippen LogP) is 3.65. The van der Waals surface area contributed by atoms with E-state index in [1.165, 1.54) is 5.57 Å². The average Bonchev–Trinajstić information content (AvgIpc) is 2.95. The van der Waals surface area contributed by atoms with Crippen molar-refractivity contribution in [2.45, 2.75) is 19.6 Å². The van der Waals surface area contributed by atoms with E-state index in [1.54, 1.807) is 12.3 Å². The van der Waals surface area contributed by atoms with Crippen molar-refractivity contribution in [3.63, 3.8) is 0 Å². The van der Waals surface area contributed by atoms with Crippen LogP contribution in [0, 0.1) is 0 Å². The van der Waals surface area contributed by atoms with Crippen molar-refractivity contribution < 1.29 is 5.11 Å². The Balaban J connectivity index is 2.17. The average molecular weight is 280 g/mol. The van der Waals surface area contributed by atoms with E-state index in [2.05, 4.69) is 11.6 Å². The number of aromatic nitrogens is 2. The molecule has 3 nitrogen and oxygen atoms in total. The van der Waals surface area contributed by atoms with Gasteiger partial charge in [-0.1, -0.05) is 66.8 Å². The molecule has 21 heavy (non-hydrogen) atoms. The second-order valence-corrected chi connectivity index (χ2v) is 4.86. The fraction of sp³-hybridized carbons (Fsp3) is 0.167. The monoisotopic (exact) mass is 280 g/mol. The summed E-state index contributed by atoms with van der Waals surface area (Å²) < 4.78 is 1.96. The lowest BCUT2D eigenvalue weighted by molar-refractivity contribution is 0.205. The zero-order valence-electron chi connectivity index (χ0n) is 12.2. The lowest BCUT2D eigenvalue weighted by atomic mass is 10.1. The summed E-state index contributed by atoms with van der Waals surface area (Å²) in [6.45, 7) is 6.38. The van der Waals surface area contributed by atoms with Crippen LogP contribution < -0.4 is 0 Å². The van der Waals surface area contributed by atoms with Crippen LogP contribution in [0.4, 0.5) is 0 Å². The summed E-state index contributed by atoms with van der Waals surface area (Å²) in [5.74, 6) is 0.654. The molecule has 0 bridgehead atoms. The van der Waals surface area contributed by atoms with Crippen molar-refractivity contribution >= 4 is 0 Å². The van der Waals surface area contributed by atoms with E-state index in [0.29, 0.717) is 12.4 Å². The Hall–Kier alpha value is -2.39. The third-order valence-corrected chi connectivity index (χ3v) is 3.16. The summed E-state index contributed by atoms with van der Waals surface area (Å²) in [5.41, 5.74) is 2.02. The first-order valence-corrected chi connectivity index (χ1v) is 6.91. The van der Waals surface area contributed by atoms with Crippen LogP contribution in [0.2, 0.25) is 0 Å². The first-order chi connectivity index (χ1) is 10.2. The molecular weight excluding hydrogens is 260 g/mol. The van der Waals surface area contributed by atoms with E-state index in [0.717, 1.165) is 5.56 Å². The van der Waals surface area contributed by atoms with E-state index in [-0.39, 0.29) is 0 Å². The maximum absolute atomic E-state index is 10.5. The van der Waals surface area contributed by atoms with E-state index >= 15 is 0 Å².